The molecule has 0 bridgehead atoms. The number of ether oxygens (including phenoxy) is 2. The lowest BCUT2D eigenvalue weighted by atomic mass is 10.0. The molecule has 0 aliphatic heterocycles. The number of rotatable bonds is 6. The summed E-state index contributed by atoms with van der Waals surface area (Å²) in [5, 5.41) is 0.657. The maximum absolute atomic E-state index is 12.3. The van der Waals surface area contributed by atoms with Crippen molar-refractivity contribution in [2.75, 3.05) is 13.2 Å². The van der Waals surface area contributed by atoms with Gasteiger partial charge < -0.3 is 13.9 Å². The minimum atomic E-state index is -0.539. The summed E-state index contributed by atoms with van der Waals surface area (Å²) in [5.74, 6) is -0.567. The van der Waals surface area contributed by atoms with Crippen molar-refractivity contribution >= 4 is 22.7 Å². The third kappa shape index (κ3) is 3.59. The summed E-state index contributed by atoms with van der Waals surface area (Å²) in [6, 6.07) is 4.65. The molecule has 0 aliphatic carbocycles. The Hall–Kier alpha value is -2.63. The van der Waals surface area contributed by atoms with Crippen molar-refractivity contribution < 1.29 is 23.5 Å². The van der Waals surface area contributed by atoms with Crippen LogP contribution in [0.1, 0.15) is 36.2 Å². The summed E-state index contributed by atoms with van der Waals surface area (Å²) in [5.41, 5.74) is 0.527. The van der Waals surface area contributed by atoms with Crippen LogP contribution < -0.4 is 10.4 Å². The van der Waals surface area contributed by atoms with Gasteiger partial charge in [-0.3, -0.25) is 4.79 Å². The van der Waals surface area contributed by atoms with Crippen LogP contribution in [-0.4, -0.2) is 25.0 Å². The zero-order valence-electron chi connectivity index (χ0n) is 13.3. The first-order valence-corrected chi connectivity index (χ1v) is 7.37. The van der Waals surface area contributed by atoms with Gasteiger partial charge in [0.05, 0.1) is 6.61 Å². The van der Waals surface area contributed by atoms with Gasteiger partial charge in [-0.15, -0.1) is 0 Å². The fraction of sp³-hybridized carbons (Fsp3) is 0.353. The quantitative estimate of drug-likeness (QED) is 0.462. The zero-order valence-corrected chi connectivity index (χ0v) is 13.3. The number of hydrogen-bond donors (Lipinski definition) is 0. The Bertz CT molecular complexity index is 803. The van der Waals surface area contributed by atoms with Gasteiger partial charge >= 0.3 is 11.6 Å². The van der Waals surface area contributed by atoms with Crippen LogP contribution in [0.4, 0.5) is 0 Å². The Kier molecular flexibility index (Phi) is 5.16. The molecule has 2 aromatic rings. The topological polar surface area (TPSA) is 82.8 Å². The molecular weight excluding hydrogens is 300 g/mol. The van der Waals surface area contributed by atoms with E-state index >= 15 is 0 Å². The number of fused-ring (bicyclic) bond motifs is 1. The molecule has 0 aliphatic rings. The number of carbonyl (C=O) groups excluding carboxylic acids is 2. The van der Waals surface area contributed by atoms with Crippen molar-refractivity contribution in [1.82, 2.24) is 0 Å². The fourth-order valence-electron chi connectivity index (χ4n) is 2.27. The van der Waals surface area contributed by atoms with Crippen LogP contribution in [0.2, 0.25) is 0 Å². The predicted molar refractivity (Wildman–Crippen MR) is 84.0 cm³/mol. The van der Waals surface area contributed by atoms with Crippen molar-refractivity contribution in [2.24, 2.45) is 0 Å². The van der Waals surface area contributed by atoms with Gasteiger partial charge in [0.2, 0.25) is 0 Å². The normalized spacial score (nSPS) is 10.6. The highest BCUT2D eigenvalue weighted by atomic mass is 16.6. The predicted octanol–water partition coefficient (Wildman–Crippen LogP) is 2.64. The summed E-state index contributed by atoms with van der Waals surface area (Å²) in [6.07, 6.45) is 0.215. The number of hydrogen-bond acceptors (Lipinski definition) is 6. The fourth-order valence-corrected chi connectivity index (χ4v) is 2.27. The van der Waals surface area contributed by atoms with Crippen LogP contribution in [0.3, 0.4) is 0 Å². The van der Waals surface area contributed by atoms with Crippen LogP contribution in [0.25, 0.3) is 11.0 Å². The number of aryl methyl sites for hydroxylation is 1. The molecule has 1 aromatic heterocycles. The van der Waals surface area contributed by atoms with Crippen molar-refractivity contribution in [3.05, 3.63) is 39.7 Å². The highest BCUT2D eigenvalue weighted by Gasteiger charge is 2.20. The van der Waals surface area contributed by atoms with Gasteiger partial charge in [0.15, 0.2) is 18.0 Å². The summed E-state index contributed by atoms with van der Waals surface area (Å²) < 4.78 is 15.4. The molecule has 1 aromatic carbocycles. The lowest BCUT2D eigenvalue weighted by Crippen LogP contribution is -2.16. The minimum Gasteiger partial charge on any atom is -0.481 e. The molecule has 0 spiro atoms. The van der Waals surface area contributed by atoms with Gasteiger partial charge in [0.1, 0.15) is 11.3 Å². The molecule has 0 unspecified atom stereocenters. The van der Waals surface area contributed by atoms with E-state index in [1.54, 1.807) is 32.9 Å². The van der Waals surface area contributed by atoms with E-state index in [4.69, 9.17) is 13.9 Å². The Balaban J connectivity index is 2.54. The first-order chi connectivity index (χ1) is 11.0. The van der Waals surface area contributed by atoms with Crippen molar-refractivity contribution in [3.8, 4) is 5.75 Å². The van der Waals surface area contributed by atoms with E-state index in [2.05, 4.69) is 0 Å². The van der Waals surface area contributed by atoms with Crippen molar-refractivity contribution in [2.45, 2.75) is 27.2 Å². The third-order valence-electron chi connectivity index (χ3n) is 3.33. The largest absolute Gasteiger partial charge is 0.481 e. The molecule has 0 saturated carbocycles. The monoisotopic (exact) mass is 318 g/mol. The molecule has 0 amide bonds. The summed E-state index contributed by atoms with van der Waals surface area (Å²) in [6.45, 7) is 5.08. The van der Waals surface area contributed by atoms with Crippen LogP contribution in [-0.2, 0) is 9.53 Å². The van der Waals surface area contributed by atoms with E-state index in [1.165, 1.54) is 6.07 Å². The maximum atomic E-state index is 12.3. The zero-order chi connectivity index (χ0) is 17.0. The van der Waals surface area contributed by atoms with Crippen LogP contribution in [0, 0.1) is 6.92 Å². The molecule has 6 heteroatoms. The van der Waals surface area contributed by atoms with Gasteiger partial charge in [0, 0.05) is 17.9 Å². The standard InChI is InChI=1S/C17H18O6/c1-4-12(18)16-13(22-9-15(20)21-5-2)7-6-11-10(3)8-14(19)23-17(11)16/h6-8H,4-5,9H2,1-3H3. The van der Waals surface area contributed by atoms with Crippen molar-refractivity contribution in [1.29, 1.82) is 0 Å². The second kappa shape index (κ2) is 7.09. The Morgan fingerprint density at radius 3 is 2.61 bits per heavy atom. The maximum Gasteiger partial charge on any atom is 0.344 e. The summed E-state index contributed by atoms with van der Waals surface area (Å²) in [4.78, 5) is 35.4. The number of esters is 1. The molecule has 0 radical (unpaired) electrons. The van der Waals surface area contributed by atoms with Crippen LogP contribution >= 0.6 is 0 Å². The highest BCUT2D eigenvalue weighted by Crippen LogP contribution is 2.30. The molecule has 6 nitrogen and oxygen atoms in total. The van der Waals surface area contributed by atoms with E-state index in [1.807, 2.05) is 0 Å². The smallest absolute Gasteiger partial charge is 0.344 e. The Morgan fingerprint density at radius 1 is 1.22 bits per heavy atom. The van der Waals surface area contributed by atoms with E-state index in [0.29, 0.717) is 10.9 Å². The number of benzene rings is 1. The van der Waals surface area contributed by atoms with E-state index in [-0.39, 0.29) is 42.3 Å². The lowest BCUT2D eigenvalue weighted by Gasteiger charge is -2.12. The number of Topliss-reactive ketones (excluding diaryl/α,β-unsaturated/α-hetero) is 1. The van der Waals surface area contributed by atoms with Crippen LogP contribution in [0.15, 0.2) is 27.4 Å². The summed E-state index contributed by atoms with van der Waals surface area (Å²) in [7, 11) is 0. The average molecular weight is 318 g/mol. The average Bonchev–Trinajstić information content (AvgIpc) is 2.51. The van der Waals surface area contributed by atoms with E-state index in [0.717, 1.165) is 0 Å². The van der Waals surface area contributed by atoms with Crippen LogP contribution in [0.5, 0.6) is 5.75 Å². The first kappa shape index (κ1) is 16.7. The molecule has 0 fully saturated rings. The second-order valence-corrected chi connectivity index (χ2v) is 4.93. The molecule has 23 heavy (non-hydrogen) atoms. The van der Waals surface area contributed by atoms with E-state index < -0.39 is 11.6 Å². The molecule has 122 valence electrons. The summed E-state index contributed by atoms with van der Waals surface area (Å²) >= 11 is 0. The highest BCUT2D eigenvalue weighted by molar-refractivity contribution is 6.08. The Morgan fingerprint density at radius 2 is 1.96 bits per heavy atom. The van der Waals surface area contributed by atoms with E-state index in [9.17, 15) is 14.4 Å². The molecule has 2 rings (SSSR count). The number of ketones is 1. The van der Waals surface area contributed by atoms with Gasteiger partial charge in [-0.25, -0.2) is 9.59 Å². The molecule has 0 saturated heterocycles. The van der Waals surface area contributed by atoms with Crippen molar-refractivity contribution in [3.63, 3.8) is 0 Å². The van der Waals surface area contributed by atoms with Gasteiger partial charge in [-0.2, -0.15) is 0 Å². The Labute approximate surface area is 133 Å². The molecule has 0 atom stereocenters. The molecule has 1 heterocycles. The van der Waals surface area contributed by atoms with Gasteiger partial charge in [-0.1, -0.05) is 6.92 Å². The third-order valence-corrected chi connectivity index (χ3v) is 3.33. The van der Waals surface area contributed by atoms with Gasteiger partial charge in [0.25, 0.3) is 0 Å². The first-order valence-electron chi connectivity index (χ1n) is 7.37. The number of carbonyl (C=O) groups is 2. The second-order valence-electron chi connectivity index (χ2n) is 4.93. The molecule has 0 N–H and O–H groups in total. The SMILES string of the molecule is CCOC(=O)COc1ccc2c(C)cc(=O)oc2c1C(=O)CC. The van der Waals surface area contributed by atoms with Gasteiger partial charge in [-0.05, 0) is 31.5 Å². The molecular formula is C17H18O6. The minimum absolute atomic E-state index is 0.176. The lowest BCUT2D eigenvalue weighted by molar-refractivity contribution is -0.145.